The fourth-order valence-electron chi connectivity index (χ4n) is 2.20. The Balaban J connectivity index is 3.48. The summed E-state index contributed by atoms with van der Waals surface area (Å²) in [6, 6.07) is 0. The van der Waals surface area contributed by atoms with Crippen molar-refractivity contribution in [2.45, 2.75) is 84.0 Å². The molecule has 126 valence electrons. The van der Waals surface area contributed by atoms with Crippen LogP contribution < -0.4 is 0 Å². The first kappa shape index (κ1) is 20.6. The molecule has 4 heteroatoms. The molecule has 0 aliphatic carbocycles. The summed E-state index contributed by atoms with van der Waals surface area (Å²) >= 11 is 0. The van der Waals surface area contributed by atoms with E-state index < -0.39 is 5.97 Å². The molecule has 0 aromatic heterocycles. The Morgan fingerprint density at radius 3 is 1.77 bits per heavy atom. The second kappa shape index (κ2) is 14.5. The summed E-state index contributed by atoms with van der Waals surface area (Å²) in [4.78, 5) is 33.6. The first-order valence-corrected chi connectivity index (χ1v) is 8.50. The summed E-state index contributed by atoms with van der Waals surface area (Å²) < 4.78 is 0. The van der Waals surface area contributed by atoms with Gasteiger partial charge in [-0.15, -0.1) is 0 Å². The minimum Gasteiger partial charge on any atom is -0.481 e. The van der Waals surface area contributed by atoms with Gasteiger partial charge in [0.05, 0.1) is 0 Å². The molecule has 0 saturated carbocycles. The summed E-state index contributed by atoms with van der Waals surface area (Å²) in [7, 11) is 0. The number of hydrogen-bond acceptors (Lipinski definition) is 3. The van der Waals surface area contributed by atoms with Gasteiger partial charge in [0.25, 0.3) is 0 Å². The quantitative estimate of drug-likeness (QED) is 0.275. The zero-order valence-electron chi connectivity index (χ0n) is 13.8. The van der Waals surface area contributed by atoms with Crippen molar-refractivity contribution in [2.75, 3.05) is 0 Å². The highest BCUT2D eigenvalue weighted by molar-refractivity contribution is 6.37. The number of carboxylic acids is 1. The summed E-state index contributed by atoms with van der Waals surface area (Å²) in [5, 5.41) is 8.50. The van der Waals surface area contributed by atoms with Crippen LogP contribution >= 0.6 is 0 Å². The summed E-state index contributed by atoms with van der Waals surface area (Å²) in [5.74, 6) is -1.23. The maximum atomic E-state index is 11.6. The second-order valence-electron chi connectivity index (χ2n) is 5.63. The molecule has 22 heavy (non-hydrogen) atoms. The van der Waals surface area contributed by atoms with Crippen LogP contribution in [-0.2, 0) is 14.4 Å². The average molecular weight is 310 g/mol. The lowest BCUT2D eigenvalue weighted by Gasteiger charge is -2.01. The van der Waals surface area contributed by atoms with Gasteiger partial charge in [0.1, 0.15) is 0 Å². The van der Waals surface area contributed by atoms with Crippen LogP contribution in [0, 0.1) is 0 Å². The van der Waals surface area contributed by atoms with Crippen LogP contribution in [-0.4, -0.2) is 22.6 Å². The Labute approximate surface area is 134 Å². The van der Waals surface area contributed by atoms with E-state index in [9.17, 15) is 14.4 Å². The van der Waals surface area contributed by atoms with Gasteiger partial charge in [0, 0.05) is 19.3 Å². The van der Waals surface area contributed by atoms with Gasteiger partial charge in [-0.1, -0.05) is 38.3 Å². The summed E-state index contributed by atoms with van der Waals surface area (Å²) in [6.07, 6.45) is 13.0. The SMILES string of the molecule is CCC=CCCCCC(=O)C(=O)CCCCCCCC(=O)O. The Kier molecular flexibility index (Phi) is 13.5. The van der Waals surface area contributed by atoms with Crippen molar-refractivity contribution >= 4 is 17.5 Å². The number of unbranched alkanes of at least 4 members (excludes halogenated alkanes) is 6. The predicted molar refractivity (Wildman–Crippen MR) is 87.9 cm³/mol. The molecule has 0 heterocycles. The fraction of sp³-hybridized carbons (Fsp3) is 0.722. The largest absolute Gasteiger partial charge is 0.481 e. The third-order valence-electron chi connectivity index (χ3n) is 3.53. The van der Waals surface area contributed by atoms with Crippen molar-refractivity contribution in [1.29, 1.82) is 0 Å². The summed E-state index contributed by atoms with van der Waals surface area (Å²) in [6.45, 7) is 2.09. The molecule has 0 fully saturated rings. The van der Waals surface area contributed by atoms with Crippen molar-refractivity contribution in [3.05, 3.63) is 12.2 Å². The smallest absolute Gasteiger partial charge is 0.303 e. The highest BCUT2D eigenvalue weighted by Gasteiger charge is 2.12. The van der Waals surface area contributed by atoms with Gasteiger partial charge in [0.2, 0.25) is 0 Å². The molecule has 0 aromatic rings. The van der Waals surface area contributed by atoms with Crippen LogP contribution in [0.5, 0.6) is 0 Å². The molecule has 0 rings (SSSR count). The molecular weight excluding hydrogens is 280 g/mol. The number of carbonyl (C=O) groups is 3. The van der Waals surface area contributed by atoms with E-state index in [-0.39, 0.29) is 18.0 Å². The van der Waals surface area contributed by atoms with Crippen LogP contribution in [0.1, 0.15) is 84.0 Å². The van der Waals surface area contributed by atoms with Gasteiger partial charge in [0.15, 0.2) is 11.6 Å². The molecular formula is C18H30O4. The highest BCUT2D eigenvalue weighted by Crippen LogP contribution is 2.09. The number of allylic oxidation sites excluding steroid dienone is 2. The van der Waals surface area contributed by atoms with Crippen LogP contribution in [0.25, 0.3) is 0 Å². The molecule has 0 unspecified atom stereocenters. The monoisotopic (exact) mass is 310 g/mol. The number of ketones is 2. The number of Topliss-reactive ketones (excluding diaryl/α,β-unsaturated/α-hetero) is 2. The molecule has 0 amide bonds. The topological polar surface area (TPSA) is 71.4 Å². The van der Waals surface area contributed by atoms with E-state index in [1.165, 1.54) is 0 Å². The van der Waals surface area contributed by atoms with Crippen molar-refractivity contribution in [2.24, 2.45) is 0 Å². The van der Waals surface area contributed by atoms with Crippen LogP contribution in [0.3, 0.4) is 0 Å². The van der Waals surface area contributed by atoms with E-state index in [0.29, 0.717) is 19.3 Å². The zero-order chi connectivity index (χ0) is 16.6. The number of carbonyl (C=O) groups excluding carboxylic acids is 2. The molecule has 0 aliphatic rings. The van der Waals surface area contributed by atoms with Gasteiger partial charge in [-0.25, -0.2) is 0 Å². The van der Waals surface area contributed by atoms with Gasteiger partial charge >= 0.3 is 5.97 Å². The molecule has 0 atom stereocenters. The number of rotatable bonds is 15. The molecule has 0 aliphatic heterocycles. The fourth-order valence-corrected chi connectivity index (χ4v) is 2.20. The van der Waals surface area contributed by atoms with E-state index in [4.69, 9.17) is 5.11 Å². The second-order valence-corrected chi connectivity index (χ2v) is 5.63. The molecule has 0 spiro atoms. The molecule has 1 N–H and O–H groups in total. The zero-order valence-corrected chi connectivity index (χ0v) is 13.8. The minimum absolute atomic E-state index is 0.213. The van der Waals surface area contributed by atoms with Crippen LogP contribution in [0.2, 0.25) is 0 Å². The number of carboxylic acid groups (broad SMARTS) is 1. The lowest BCUT2D eigenvalue weighted by molar-refractivity contribution is -0.137. The molecule has 0 bridgehead atoms. The Morgan fingerprint density at radius 2 is 1.23 bits per heavy atom. The number of hydrogen-bond donors (Lipinski definition) is 1. The highest BCUT2D eigenvalue weighted by atomic mass is 16.4. The molecule has 0 aromatic carbocycles. The third-order valence-corrected chi connectivity index (χ3v) is 3.53. The lowest BCUT2D eigenvalue weighted by atomic mass is 10.0. The van der Waals surface area contributed by atoms with E-state index >= 15 is 0 Å². The van der Waals surface area contributed by atoms with Crippen molar-refractivity contribution in [3.8, 4) is 0 Å². The van der Waals surface area contributed by atoms with Crippen molar-refractivity contribution < 1.29 is 19.5 Å². The normalized spacial score (nSPS) is 11.0. The maximum Gasteiger partial charge on any atom is 0.303 e. The van der Waals surface area contributed by atoms with E-state index in [1.54, 1.807) is 0 Å². The minimum atomic E-state index is -0.758. The van der Waals surface area contributed by atoms with Crippen LogP contribution in [0.4, 0.5) is 0 Å². The molecule has 0 radical (unpaired) electrons. The third kappa shape index (κ3) is 13.5. The Morgan fingerprint density at radius 1 is 0.727 bits per heavy atom. The summed E-state index contributed by atoms with van der Waals surface area (Å²) in [5.41, 5.74) is 0. The average Bonchev–Trinajstić information content (AvgIpc) is 2.49. The Bertz CT molecular complexity index is 358. The predicted octanol–water partition coefficient (Wildman–Crippen LogP) is 4.47. The van der Waals surface area contributed by atoms with Gasteiger partial charge in [-0.05, 0) is 38.5 Å². The van der Waals surface area contributed by atoms with Crippen molar-refractivity contribution in [1.82, 2.24) is 0 Å². The molecule has 0 saturated heterocycles. The number of aliphatic carboxylic acids is 1. The van der Waals surface area contributed by atoms with E-state index in [2.05, 4.69) is 19.1 Å². The van der Waals surface area contributed by atoms with E-state index in [0.717, 1.165) is 51.4 Å². The standard InChI is InChI=1S/C18H30O4/c1-2-3-4-5-7-10-13-16(19)17(20)14-11-8-6-9-12-15-18(21)22/h3-4H,2,5-15H2,1H3,(H,21,22). The van der Waals surface area contributed by atoms with E-state index in [1.807, 2.05) is 0 Å². The van der Waals surface area contributed by atoms with Crippen molar-refractivity contribution in [3.63, 3.8) is 0 Å². The Hall–Kier alpha value is -1.45. The van der Waals surface area contributed by atoms with Gasteiger partial charge in [-0.2, -0.15) is 0 Å². The van der Waals surface area contributed by atoms with Gasteiger partial charge in [-0.3, -0.25) is 14.4 Å². The first-order valence-electron chi connectivity index (χ1n) is 8.50. The lowest BCUT2D eigenvalue weighted by Crippen LogP contribution is -2.13. The molecule has 4 nitrogen and oxygen atoms in total. The van der Waals surface area contributed by atoms with Gasteiger partial charge < -0.3 is 5.11 Å². The van der Waals surface area contributed by atoms with Crippen LogP contribution in [0.15, 0.2) is 12.2 Å². The maximum absolute atomic E-state index is 11.6. The first-order chi connectivity index (χ1) is 10.6.